The first kappa shape index (κ1) is 13.4. The van der Waals surface area contributed by atoms with Crippen LogP contribution >= 0.6 is 0 Å². The molecule has 0 aromatic carbocycles. The zero-order valence-corrected chi connectivity index (χ0v) is 12.1. The summed E-state index contributed by atoms with van der Waals surface area (Å²) in [5.41, 5.74) is 5.92. The van der Waals surface area contributed by atoms with E-state index in [1.54, 1.807) is 0 Å². The lowest BCUT2D eigenvalue weighted by Gasteiger charge is -2.51. The molecule has 3 aliphatic rings. The molecule has 19 heavy (non-hydrogen) atoms. The third-order valence-corrected chi connectivity index (χ3v) is 5.80. The average Bonchev–Trinajstić information content (AvgIpc) is 2.38. The molecule has 2 aliphatic heterocycles. The van der Waals surface area contributed by atoms with E-state index in [9.17, 15) is 0 Å². The van der Waals surface area contributed by atoms with Gasteiger partial charge in [-0.15, -0.1) is 0 Å². The van der Waals surface area contributed by atoms with Crippen molar-refractivity contribution in [1.82, 2.24) is 4.90 Å². The fraction of sp³-hybridized carbons (Fsp3) is 0.933. The van der Waals surface area contributed by atoms with E-state index in [4.69, 9.17) is 15.9 Å². The van der Waals surface area contributed by atoms with Crippen LogP contribution in [0, 0.1) is 10.8 Å². The van der Waals surface area contributed by atoms with Crippen molar-refractivity contribution >= 4 is 5.84 Å². The zero-order chi connectivity index (χ0) is 13.5. The number of nitrogens with zero attached hydrogens (tertiary/aromatic N) is 1. The van der Waals surface area contributed by atoms with E-state index in [0.717, 1.165) is 32.5 Å². The fourth-order valence-corrected chi connectivity index (χ4v) is 3.89. The smallest absolute Gasteiger partial charge is 0.0966 e. The number of nitrogens with two attached hydrogens (primary N) is 1. The third kappa shape index (κ3) is 2.40. The Bertz CT molecular complexity index is 356. The minimum atomic E-state index is -0.0597. The van der Waals surface area contributed by atoms with Gasteiger partial charge in [0, 0.05) is 18.1 Å². The van der Waals surface area contributed by atoms with Gasteiger partial charge < -0.3 is 15.4 Å². The molecule has 4 heteroatoms. The number of piperidine rings is 1. The van der Waals surface area contributed by atoms with Crippen LogP contribution in [0.2, 0.25) is 0 Å². The van der Waals surface area contributed by atoms with E-state index in [1.807, 2.05) is 0 Å². The number of likely N-dealkylation sites (tertiary alicyclic amines) is 1. The van der Waals surface area contributed by atoms with Gasteiger partial charge in [0.2, 0.25) is 0 Å². The standard InChI is InChI=1S/C15H27N3O/c1-14(13(16)17)6-8-18(9-7-14)12-3-10-19-15(11-12)4-2-5-15/h12H,2-11H2,1H3,(H3,16,17). The zero-order valence-electron chi connectivity index (χ0n) is 12.1. The van der Waals surface area contributed by atoms with Crippen LogP contribution in [0.3, 0.4) is 0 Å². The van der Waals surface area contributed by atoms with Gasteiger partial charge in [-0.25, -0.2) is 0 Å². The monoisotopic (exact) mass is 265 g/mol. The van der Waals surface area contributed by atoms with Crippen LogP contribution < -0.4 is 5.73 Å². The van der Waals surface area contributed by atoms with Crippen LogP contribution in [0.25, 0.3) is 0 Å². The number of hydrogen-bond acceptors (Lipinski definition) is 3. The van der Waals surface area contributed by atoms with Crippen LogP contribution in [0.1, 0.15) is 51.9 Å². The van der Waals surface area contributed by atoms with Crippen molar-refractivity contribution in [3.05, 3.63) is 0 Å². The molecular weight excluding hydrogens is 238 g/mol. The number of hydrogen-bond donors (Lipinski definition) is 2. The van der Waals surface area contributed by atoms with Crippen LogP contribution in [-0.2, 0) is 4.74 Å². The number of amidine groups is 1. The Balaban J connectivity index is 1.58. The van der Waals surface area contributed by atoms with E-state index in [2.05, 4.69) is 11.8 Å². The summed E-state index contributed by atoms with van der Waals surface area (Å²) in [6, 6.07) is 0.700. The molecule has 0 aromatic heterocycles. The number of nitrogens with one attached hydrogen (secondary N) is 1. The molecule has 1 saturated carbocycles. The van der Waals surface area contributed by atoms with Gasteiger partial charge in [-0.05, 0) is 58.0 Å². The van der Waals surface area contributed by atoms with Crippen molar-refractivity contribution in [3.63, 3.8) is 0 Å². The van der Waals surface area contributed by atoms with Gasteiger partial charge in [0.1, 0.15) is 0 Å². The van der Waals surface area contributed by atoms with E-state index in [-0.39, 0.29) is 11.0 Å². The predicted octanol–water partition coefficient (Wildman–Crippen LogP) is 2.13. The summed E-state index contributed by atoms with van der Waals surface area (Å²) in [4.78, 5) is 2.63. The maximum Gasteiger partial charge on any atom is 0.0966 e. The highest BCUT2D eigenvalue weighted by atomic mass is 16.5. The molecule has 0 radical (unpaired) electrons. The minimum absolute atomic E-state index is 0.0597. The highest BCUT2D eigenvalue weighted by molar-refractivity contribution is 5.83. The first-order chi connectivity index (χ1) is 9.03. The molecule has 4 nitrogen and oxygen atoms in total. The quantitative estimate of drug-likeness (QED) is 0.594. The molecule has 3 rings (SSSR count). The number of rotatable bonds is 2. The van der Waals surface area contributed by atoms with Crippen LogP contribution in [0.5, 0.6) is 0 Å². The van der Waals surface area contributed by atoms with Crippen molar-refractivity contribution in [2.45, 2.75) is 63.5 Å². The van der Waals surface area contributed by atoms with Crippen molar-refractivity contribution in [1.29, 1.82) is 5.41 Å². The molecule has 3 N–H and O–H groups in total. The lowest BCUT2D eigenvalue weighted by atomic mass is 9.72. The molecule has 0 bridgehead atoms. The maximum absolute atomic E-state index is 7.74. The molecule has 0 aromatic rings. The Labute approximate surface area is 116 Å². The van der Waals surface area contributed by atoms with Crippen molar-refractivity contribution in [2.75, 3.05) is 19.7 Å². The highest BCUT2D eigenvalue weighted by Crippen LogP contribution is 2.44. The maximum atomic E-state index is 7.74. The Morgan fingerprint density at radius 2 is 1.95 bits per heavy atom. The Kier molecular flexibility index (Phi) is 3.34. The first-order valence-corrected chi connectivity index (χ1v) is 7.76. The van der Waals surface area contributed by atoms with Gasteiger partial charge in [0.15, 0.2) is 0 Å². The Morgan fingerprint density at radius 3 is 2.47 bits per heavy atom. The molecule has 2 heterocycles. The second kappa shape index (κ2) is 4.74. The lowest BCUT2D eigenvalue weighted by Crippen LogP contribution is -2.55. The van der Waals surface area contributed by atoms with E-state index >= 15 is 0 Å². The average molecular weight is 265 g/mol. The normalized spacial score (nSPS) is 33.8. The summed E-state index contributed by atoms with van der Waals surface area (Å²) in [6.07, 6.45) is 8.35. The molecule has 1 unspecified atom stereocenters. The first-order valence-electron chi connectivity index (χ1n) is 7.76. The summed E-state index contributed by atoms with van der Waals surface area (Å²) in [5, 5.41) is 7.74. The topological polar surface area (TPSA) is 62.3 Å². The minimum Gasteiger partial charge on any atom is -0.387 e. The van der Waals surface area contributed by atoms with Crippen LogP contribution in [-0.4, -0.2) is 42.1 Å². The summed E-state index contributed by atoms with van der Waals surface area (Å²) < 4.78 is 6.02. The molecular formula is C15H27N3O. The van der Waals surface area contributed by atoms with Gasteiger partial charge in [-0.1, -0.05) is 6.92 Å². The largest absolute Gasteiger partial charge is 0.387 e. The van der Waals surface area contributed by atoms with Crippen molar-refractivity contribution in [2.24, 2.45) is 11.1 Å². The summed E-state index contributed by atoms with van der Waals surface area (Å²) in [6.45, 7) is 5.27. The second-order valence-corrected chi connectivity index (χ2v) is 7.04. The number of ether oxygens (including phenoxy) is 1. The Hall–Kier alpha value is -0.610. The molecule has 2 saturated heterocycles. The molecule has 108 valence electrons. The highest BCUT2D eigenvalue weighted by Gasteiger charge is 2.45. The van der Waals surface area contributed by atoms with E-state index in [0.29, 0.717) is 11.9 Å². The van der Waals surface area contributed by atoms with Gasteiger partial charge in [-0.2, -0.15) is 0 Å². The van der Waals surface area contributed by atoms with Gasteiger partial charge in [0.25, 0.3) is 0 Å². The SMILES string of the molecule is CC1(C(=N)N)CCN(C2CCOC3(CCC3)C2)CC1. The Morgan fingerprint density at radius 1 is 1.26 bits per heavy atom. The molecule has 1 atom stereocenters. The van der Waals surface area contributed by atoms with E-state index < -0.39 is 0 Å². The molecule has 0 amide bonds. The summed E-state index contributed by atoms with van der Waals surface area (Å²) in [7, 11) is 0. The molecule has 1 aliphatic carbocycles. The summed E-state index contributed by atoms with van der Waals surface area (Å²) in [5.74, 6) is 0.370. The third-order valence-electron chi connectivity index (χ3n) is 5.80. The second-order valence-electron chi connectivity index (χ2n) is 7.04. The van der Waals surface area contributed by atoms with Gasteiger partial charge in [0.05, 0.1) is 11.4 Å². The molecule has 3 fully saturated rings. The fourth-order valence-electron chi connectivity index (χ4n) is 3.89. The molecule has 1 spiro atoms. The van der Waals surface area contributed by atoms with E-state index in [1.165, 1.54) is 32.1 Å². The van der Waals surface area contributed by atoms with Crippen molar-refractivity contribution < 1.29 is 4.74 Å². The van der Waals surface area contributed by atoms with Crippen molar-refractivity contribution in [3.8, 4) is 0 Å². The van der Waals surface area contributed by atoms with Crippen LogP contribution in [0.4, 0.5) is 0 Å². The van der Waals surface area contributed by atoms with Crippen LogP contribution in [0.15, 0.2) is 0 Å². The predicted molar refractivity (Wildman–Crippen MR) is 76.4 cm³/mol. The van der Waals surface area contributed by atoms with Gasteiger partial charge in [-0.3, -0.25) is 5.41 Å². The van der Waals surface area contributed by atoms with Gasteiger partial charge >= 0.3 is 0 Å². The summed E-state index contributed by atoms with van der Waals surface area (Å²) >= 11 is 0. The lowest BCUT2D eigenvalue weighted by molar-refractivity contribution is -0.150.